The maximum Gasteiger partial charge on any atom is 0.862 e. The van der Waals surface area contributed by atoms with Gasteiger partial charge in [0, 0.05) is 0 Å². The first kappa shape index (κ1) is 20.7. The molecule has 0 heterocycles. The molecule has 0 saturated carbocycles. The van der Waals surface area contributed by atoms with E-state index >= 15 is 0 Å². The van der Waals surface area contributed by atoms with E-state index in [9.17, 15) is 0 Å². The predicted molar refractivity (Wildman–Crippen MR) is 95.0 cm³/mol. The molecule has 0 unspecified atom stereocenters. The van der Waals surface area contributed by atoms with Crippen LogP contribution in [0.15, 0.2) is 37.0 Å². The molecule has 0 aromatic rings. The summed E-state index contributed by atoms with van der Waals surface area (Å²) in [5.41, 5.74) is 0. The van der Waals surface area contributed by atoms with Crippen molar-refractivity contribution in [1.82, 2.24) is 0 Å². The van der Waals surface area contributed by atoms with Crippen LogP contribution in [0.5, 0.6) is 0 Å². The summed E-state index contributed by atoms with van der Waals surface area (Å²) in [7, 11) is -0.714. The Hall–Kier alpha value is -1.32. The molecule has 4 heteroatoms. The van der Waals surface area contributed by atoms with Gasteiger partial charge in [-0.25, -0.2) is 0 Å². The molecular weight excluding hydrogens is 275 g/mol. The van der Waals surface area contributed by atoms with Crippen molar-refractivity contribution in [3.8, 4) is 0 Å². The molecule has 3 nitrogen and oxygen atoms in total. The second-order valence-electron chi connectivity index (χ2n) is 5.24. The third-order valence-electron chi connectivity index (χ3n) is 3.03. The second-order valence-corrected chi connectivity index (χ2v) is 5.24. The van der Waals surface area contributed by atoms with Crippen LogP contribution < -0.4 is 0 Å². The molecule has 0 N–H and O–H groups in total. The van der Waals surface area contributed by atoms with Gasteiger partial charge < -0.3 is 14.0 Å². The molecule has 0 aliphatic carbocycles. The Balaban J connectivity index is 4.09. The quantitative estimate of drug-likeness (QED) is 0.207. The zero-order valence-electron chi connectivity index (χ0n) is 14.6. The largest absolute Gasteiger partial charge is 0.862 e. The fraction of sp³-hybridized carbons (Fsp3) is 0.667. The third-order valence-corrected chi connectivity index (χ3v) is 3.03. The van der Waals surface area contributed by atoms with Crippen molar-refractivity contribution in [2.24, 2.45) is 0 Å². The molecule has 0 aliphatic rings. The molecule has 0 aliphatic heterocycles. The highest BCUT2D eigenvalue weighted by atomic mass is 16.7. The highest BCUT2D eigenvalue weighted by Crippen LogP contribution is 2.02. The van der Waals surface area contributed by atoms with Gasteiger partial charge in [-0.2, -0.15) is 0 Å². The summed E-state index contributed by atoms with van der Waals surface area (Å²) in [6.45, 7) is 6.52. The molecule has 0 atom stereocenters. The van der Waals surface area contributed by atoms with Crippen LogP contribution in [-0.4, -0.2) is 7.32 Å². The van der Waals surface area contributed by atoms with Crippen molar-refractivity contribution in [2.75, 3.05) is 0 Å². The highest BCUT2D eigenvalue weighted by molar-refractivity contribution is 6.37. The van der Waals surface area contributed by atoms with Gasteiger partial charge in [-0.3, -0.25) is 0 Å². The van der Waals surface area contributed by atoms with E-state index in [-0.39, 0.29) is 0 Å². The predicted octanol–water partition coefficient (Wildman–Crippen LogP) is 6.13. The van der Waals surface area contributed by atoms with Gasteiger partial charge in [0.1, 0.15) is 0 Å². The zero-order chi connectivity index (χ0) is 16.3. The average molecular weight is 308 g/mol. The van der Waals surface area contributed by atoms with Gasteiger partial charge in [-0.15, -0.1) is 0 Å². The van der Waals surface area contributed by atoms with E-state index in [4.69, 9.17) is 14.0 Å². The number of hydrogen-bond acceptors (Lipinski definition) is 3. The van der Waals surface area contributed by atoms with Crippen LogP contribution in [0.4, 0.5) is 0 Å². The fourth-order valence-corrected chi connectivity index (χ4v) is 1.63. The molecule has 0 bridgehead atoms. The minimum Gasteiger partial charge on any atom is -0.497 e. The lowest BCUT2D eigenvalue weighted by Gasteiger charge is -2.08. The van der Waals surface area contributed by atoms with Gasteiger partial charge >= 0.3 is 7.32 Å². The van der Waals surface area contributed by atoms with Gasteiger partial charge in [0.15, 0.2) is 0 Å². The molecule has 0 aromatic heterocycles. The Bertz CT molecular complexity index is 253. The van der Waals surface area contributed by atoms with Crippen LogP contribution in [0.2, 0.25) is 0 Å². The van der Waals surface area contributed by atoms with Crippen LogP contribution >= 0.6 is 0 Å². The van der Waals surface area contributed by atoms with E-state index in [1.54, 1.807) is 18.8 Å². The van der Waals surface area contributed by atoms with E-state index in [2.05, 4.69) is 20.8 Å². The molecule has 0 rings (SSSR count). The highest BCUT2D eigenvalue weighted by Gasteiger charge is 2.24. The van der Waals surface area contributed by atoms with Gasteiger partial charge in [0.05, 0.1) is 18.8 Å². The summed E-state index contributed by atoms with van der Waals surface area (Å²) in [6.07, 6.45) is 21.1. The van der Waals surface area contributed by atoms with Crippen molar-refractivity contribution >= 4 is 7.32 Å². The summed E-state index contributed by atoms with van der Waals surface area (Å²) in [6, 6.07) is 0. The first-order valence-electron chi connectivity index (χ1n) is 8.76. The lowest BCUT2D eigenvalue weighted by Crippen LogP contribution is -2.20. The summed E-state index contributed by atoms with van der Waals surface area (Å²) in [4.78, 5) is 0. The van der Waals surface area contributed by atoms with E-state index in [1.165, 1.54) is 38.5 Å². The lowest BCUT2D eigenvalue weighted by atomic mass is 10.2. The maximum absolute atomic E-state index is 5.47. The minimum atomic E-state index is -0.714. The Kier molecular flexibility index (Phi) is 16.7. The molecule has 0 fully saturated rings. The smallest absolute Gasteiger partial charge is 0.497 e. The number of allylic oxidation sites excluding steroid dienone is 3. The topological polar surface area (TPSA) is 27.7 Å². The van der Waals surface area contributed by atoms with E-state index in [1.807, 2.05) is 18.2 Å². The van der Waals surface area contributed by atoms with E-state index < -0.39 is 7.32 Å². The number of unbranched alkanes of at least 4 members (excludes halogenated alkanes) is 6. The summed E-state index contributed by atoms with van der Waals surface area (Å²) < 4.78 is 16.4. The van der Waals surface area contributed by atoms with Gasteiger partial charge in [0.2, 0.25) is 0 Å². The molecule has 0 radical (unpaired) electrons. The first-order chi connectivity index (χ1) is 10.8. The van der Waals surface area contributed by atoms with E-state index in [0.717, 1.165) is 19.3 Å². The standard InChI is InChI=1S/C18H33BO3/c1-4-7-10-13-16-20-19(21-17-14-11-8-5-2)22-18-15-12-9-6-3/h13-18H,4-12H2,1-3H3/b16-13+,17-14+,18-15+. The molecule has 0 spiro atoms. The van der Waals surface area contributed by atoms with Crippen LogP contribution in [0, 0.1) is 0 Å². The normalized spacial score (nSPS) is 11.6. The van der Waals surface area contributed by atoms with Gasteiger partial charge in [-0.05, 0) is 38.5 Å². The van der Waals surface area contributed by atoms with Crippen LogP contribution in [0.3, 0.4) is 0 Å². The molecule has 0 aromatic carbocycles. The molecular formula is C18H33BO3. The third kappa shape index (κ3) is 15.1. The van der Waals surface area contributed by atoms with Crippen molar-refractivity contribution in [3.63, 3.8) is 0 Å². The monoisotopic (exact) mass is 308 g/mol. The van der Waals surface area contributed by atoms with E-state index in [0.29, 0.717) is 0 Å². The SMILES string of the molecule is CCCC/C=C/OB(O/C=C/CCCC)O/C=C/CCCC. The summed E-state index contributed by atoms with van der Waals surface area (Å²) >= 11 is 0. The Morgan fingerprint density at radius 3 is 1.18 bits per heavy atom. The Morgan fingerprint density at radius 1 is 0.591 bits per heavy atom. The van der Waals surface area contributed by atoms with Crippen LogP contribution in [0.1, 0.15) is 78.6 Å². The van der Waals surface area contributed by atoms with Crippen molar-refractivity contribution in [2.45, 2.75) is 78.6 Å². The maximum atomic E-state index is 5.47. The average Bonchev–Trinajstić information content (AvgIpc) is 2.53. The lowest BCUT2D eigenvalue weighted by molar-refractivity contribution is 0.222. The molecule has 126 valence electrons. The molecule has 0 amide bonds. The second kappa shape index (κ2) is 17.7. The van der Waals surface area contributed by atoms with Crippen LogP contribution in [-0.2, 0) is 14.0 Å². The summed E-state index contributed by atoms with van der Waals surface area (Å²) in [5, 5.41) is 0. The molecule has 22 heavy (non-hydrogen) atoms. The number of hydrogen-bond donors (Lipinski definition) is 0. The first-order valence-corrected chi connectivity index (χ1v) is 8.76. The Labute approximate surface area is 137 Å². The number of rotatable bonds is 15. The van der Waals surface area contributed by atoms with Gasteiger partial charge in [0.25, 0.3) is 0 Å². The minimum absolute atomic E-state index is 0.714. The fourth-order valence-electron chi connectivity index (χ4n) is 1.63. The molecule has 0 saturated heterocycles. The van der Waals surface area contributed by atoms with Crippen molar-refractivity contribution < 1.29 is 14.0 Å². The van der Waals surface area contributed by atoms with Crippen molar-refractivity contribution in [3.05, 3.63) is 37.0 Å². The van der Waals surface area contributed by atoms with Crippen molar-refractivity contribution in [1.29, 1.82) is 0 Å². The summed E-state index contributed by atoms with van der Waals surface area (Å²) in [5.74, 6) is 0. The van der Waals surface area contributed by atoms with Gasteiger partial charge in [-0.1, -0.05) is 58.3 Å². The Morgan fingerprint density at radius 2 is 0.909 bits per heavy atom. The zero-order valence-corrected chi connectivity index (χ0v) is 14.6. The van der Waals surface area contributed by atoms with Crippen LogP contribution in [0.25, 0.3) is 0 Å².